The lowest BCUT2D eigenvalue weighted by Gasteiger charge is -2.41. The van der Waals surface area contributed by atoms with Gasteiger partial charge in [-0.05, 0) is 51.4 Å². The fraction of sp³-hybridized carbons (Fsp3) is 0.860. The van der Waals surface area contributed by atoms with Gasteiger partial charge in [0.1, 0.15) is 43.2 Å². The highest BCUT2D eigenvalue weighted by atomic mass is 31.2. The number of aliphatic hydroxyl groups is 5. The van der Waals surface area contributed by atoms with Crippen LogP contribution in [0.15, 0.2) is 24.8 Å². The van der Waals surface area contributed by atoms with Crippen molar-refractivity contribution in [1.29, 1.82) is 0 Å². The number of ether oxygens (including phenoxy) is 2. The molecule has 0 saturated heterocycles. The van der Waals surface area contributed by atoms with Gasteiger partial charge >= 0.3 is 19.8 Å². The molecule has 0 bridgehead atoms. The first-order chi connectivity index (χ1) is 27.4. The maximum absolute atomic E-state index is 12.8. The van der Waals surface area contributed by atoms with Crippen molar-refractivity contribution in [2.75, 3.05) is 13.2 Å². The number of unbranched alkanes of at least 4 members (excludes halogenated alkanes) is 22. The molecule has 1 rings (SSSR count). The summed E-state index contributed by atoms with van der Waals surface area (Å²) in [5.74, 6) is -1.11. The molecule has 1 aliphatic rings. The SMILES string of the molecule is C=CCCCCCCCCCCCCCCCC(=O)OC[C@@H](COP(=O)(O)OC1C(O)C(O)C(O)[C@H](O)C1O)OC(=O)CCCCCCC/C=C/CCCCCC. The number of carbonyl (C=O) groups excluding carboxylic acids is 2. The average molecular weight is 835 g/mol. The molecule has 0 radical (unpaired) electrons. The predicted octanol–water partition coefficient (Wildman–Crippen LogP) is 8.06. The molecular formula is C43H79O13P. The number of allylic oxidation sites excluding steroid dienone is 3. The largest absolute Gasteiger partial charge is 0.472 e. The summed E-state index contributed by atoms with van der Waals surface area (Å²) in [6.07, 6.45) is 21.3. The second-order valence-electron chi connectivity index (χ2n) is 15.6. The standard InChI is InChI=1S/C43H79O13P/c1-3-5-7-9-11-13-15-17-18-20-21-23-25-27-29-31-36(44)53-33-35(34-54-57(51,52)56-43-41(49)39(47)38(46)40(48)42(43)50)55-37(45)32-30-28-26-24-22-19-16-14-12-10-8-6-4-2/h3,14,16,35,38-43,46-50H,1,4-13,15,17-34H2,2H3,(H,51,52)/b16-14+/t35-,38?,39-,40?,41?,42?,43?/m0/s1. The van der Waals surface area contributed by atoms with Crippen molar-refractivity contribution in [2.45, 2.75) is 223 Å². The van der Waals surface area contributed by atoms with Gasteiger partial charge in [0.15, 0.2) is 6.10 Å². The van der Waals surface area contributed by atoms with Gasteiger partial charge in [0.05, 0.1) is 6.61 Å². The molecule has 6 N–H and O–H groups in total. The Morgan fingerprint density at radius 2 is 0.982 bits per heavy atom. The number of carbonyl (C=O) groups is 2. The van der Waals surface area contributed by atoms with E-state index in [-0.39, 0.29) is 12.8 Å². The molecule has 0 aromatic rings. The molecule has 334 valence electrons. The predicted molar refractivity (Wildman–Crippen MR) is 221 cm³/mol. The first-order valence-corrected chi connectivity index (χ1v) is 23.6. The Morgan fingerprint density at radius 1 is 0.579 bits per heavy atom. The Morgan fingerprint density at radius 3 is 1.46 bits per heavy atom. The minimum Gasteiger partial charge on any atom is -0.462 e. The lowest BCUT2D eigenvalue weighted by atomic mass is 9.85. The van der Waals surface area contributed by atoms with Gasteiger partial charge in [-0.3, -0.25) is 18.6 Å². The molecule has 57 heavy (non-hydrogen) atoms. The van der Waals surface area contributed by atoms with Gasteiger partial charge in [0.2, 0.25) is 0 Å². The zero-order valence-corrected chi connectivity index (χ0v) is 35.9. The van der Waals surface area contributed by atoms with Crippen LogP contribution in [-0.4, -0.2) is 98.3 Å². The van der Waals surface area contributed by atoms with Gasteiger partial charge < -0.3 is 39.9 Å². The lowest BCUT2D eigenvalue weighted by Crippen LogP contribution is -2.64. The van der Waals surface area contributed by atoms with Crippen molar-refractivity contribution >= 4 is 19.8 Å². The highest BCUT2D eigenvalue weighted by Crippen LogP contribution is 2.47. The topological polar surface area (TPSA) is 210 Å². The molecule has 0 spiro atoms. The number of hydrogen-bond acceptors (Lipinski definition) is 12. The van der Waals surface area contributed by atoms with E-state index in [9.17, 15) is 44.6 Å². The van der Waals surface area contributed by atoms with Crippen LogP contribution in [0.3, 0.4) is 0 Å². The third-order valence-electron chi connectivity index (χ3n) is 10.4. The maximum atomic E-state index is 12.8. The third kappa shape index (κ3) is 26.9. The van der Waals surface area contributed by atoms with Crippen molar-refractivity contribution in [3.8, 4) is 0 Å². The van der Waals surface area contributed by atoms with Crippen molar-refractivity contribution in [2.24, 2.45) is 0 Å². The van der Waals surface area contributed by atoms with Crippen LogP contribution >= 0.6 is 7.82 Å². The molecule has 6 unspecified atom stereocenters. The fourth-order valence-electron chi connectivity index (χ4n) is 6.79. The Kier molecular flexibility index (Phi) is 31.9. The van der Waals surface area contributed by atoms with Crippen LogP contribution in [0.25, 0.3) is 0 Å². The lowest BCUT2D eigenvalue weighted by molar-refractivity contribution is -0.220. The molecular weight excluding hydrogens is 755 g/mol. The van der Waals surface area contributed by atoms with Crippen LogP contribution < -0.4 is 0 Å². The second kappa shape index (κ2) is 34.1. The van der Waals surface area contributed by atoms with E-state index in [1.807, 2.05) is 6.08 Å². The highest BCUT2D eigenvalue weighted by molar-refractivity contribution is 7.47. The molecule has 0 aromatic carbocycles. The van der Waals surface area contributed by atoms with Gasteiger partial charge in [-0.2, -0.15) is 0 Å². The quantitative estimate of drug-likeness (QED) is 0.0152. The van der Waals surface area contributed by atoms with E-state index in [1.54, 1.807) is 0 Å². The van der Waals surface area contributed by atoms with Gasteiger partial charge in [0, 0.05) is 12.8 Å². The van der Waals surface area contributed by atoms with Crippen LogP contribution in [0.2, 0.25) is 0 Å². The van der Waals surface area contributed by atoms with Crippen LogP contribution in [0.4, 0.5) is 0 Å². The van der Waals surface area contributed by atoms with E-state index >= 15 is 0 Å². The van der Waals surface area contributed by atoms with Crippen LogP contribution in [0, 0.1) is 0 Å². The number of esters is 2. The van der Waals surface area contributed by atoms with Crippen LogP contribution in [0.5, 0.6) is 0 Å². The van der Waals surface area contributed by atoms with E-state index < -0.39 is 75.7 Å². The Bertz CT molecular complexity index is 1090. The van der Waals surface area contributed by atoms with Crippen molar-refractivity contribution in [1.82, 2.24) is 0 Å². The Balaban J connectivity index is 2.47. The highest BCUT2D eigenvalue weighted by Gasteiger charge is 2.51. The van der Waals surface area contributed by atoms with Gasteiger partial charge in [-0.15, -0.1) is 6.58 Å². The van der Waals surface area contributed by atoms with E-state index in [2.05, 4.69) is 25.7 Å². The molecule has 8 atom stereocenters. The number of phosphoric acid groups is 1. The summed E-state index contributed by atoms with van der Waals surface area (Å²) in [6.45, 7) is 4.79. The van der Waals surface area contributed by atoms with Crippen molar-refractivity contribution in [3.05, 3.63) is 24.8 Å². The van der Waals surface area contributed by atoms with Gasteiger partial charge in [0.25, 0.3) is 0 Å². The van der Waals surface area contributed by atoms with E-state index in [4.69, 9.17) is 18.5 Å². The average Bonchev–Trinajstić information content (AvgIpc) is 3.19. The fourth-order valence-corrected chi connectivity index (χ4v) is 7.76. The molecule has 1 saturated carbocycles. The summed E-state index contributed by atoms with van der Waals surface area (Å²) in [7, 11) is -5.11. The summed E-state index contributed by atoms with van der Waals surface area (Å²) in [5, 5.41) is 50.1. The summed E-state index contributed by atoms with van der Waals surface area (Å²) >= 11 is 0. The third-order valence-corrected chi connectivity index (χ3v) is 11.4. The van der Waals surface area contributed by atoms with E-state index in [0.717, 1.165) is 64.2 Å². The van der Waals surface area contributed by atoms with Crippen LogP contribution in [-0.2, 0) is 32.7 Å². The zero-order valence-electron chi connectivity index (χ0n) is 35.0. The first-order valence-electron chi connectivity index (χ1n) is 22.1. The molecule has 0 amide bonds. The molecule has 0 heterocycles. The molecule has 1 aliphatic carbocycles. The minimum absolute atomic E-state index is 0.0877. The molecule has 14 heteroatoms. The summed E-state index contributed by atoms with van der Waals surface area (Å²) in [6, 6.07) is 0. The number of rotatable bonds is 37. The van der Waals surface area contributed by atoms with E-state index in [0.29, 0.717) is 12.8 Å². The summed E-state index contributed by atoms with van der Waals surface area (Å²) in [4.78, 5) is 35.6. The normalized spacial score (nSPS) is 22.6. The molecule has 1 fully saturated rings. The smallest absolute Gasteiger partial charge is 0.462 e. The Labute approximate surface area is 343 Å². The summed E-state index contributed by atoms with van der Waals surface area (Å²) in [5.41, 5.74) is 0. The van der Waals surface area contributed by atoms with Gasteiger partial charge in [-0.25, -0.2) is 4.57 Å². The van der Waals surface area contributed by atoms with E-state index in [1.165, 1.54) is 83.5 Å². The number of aliphatic hydroxyl groups excluding tert-OH is 5. The van der Waals surface area contributed by atoms with Crippen LogP contribution in [0.1, 0.15) is 180 Å². The zero-order chi connectivity index (χ0) is 42.2. The minimum atomic E-state index is -5.11. The van der Waals surface area contributed by atoms with Crippen molar-refractivity contribution < 1.29 is 63.1 Å². The Hall–Kier alpha value is -1.67. The monoisotopic (exact) mass is 835 g/mol. The molecule has 0 aromatic heterocycles. The summed E-state index contributed by atoms with van der Waals surface area (Å²) < 4.78 is 33.5. The molecule has 0 aliphatic heterocycles. The van der Waals surface area contributed by atoms with Gasteiger partial charge in [-0.1, -0.05) is 134 Å². The van der Waals surface area contributed by atoms with Crippen molar-refractivity contribution in [3.63, 3.8) is 0 Å². The maximum Gasteiger partial charge on any atom is 0.472 e. The first kappa shape index (κ1) is 53.3. The molecule has 13 nitrogen and oxygen atoms in total. The number of phosphoric ester groups is 1. The second-order valence-corrected chi connectivity index (χ2v) is 17.0. The number of hydrogen-bond donors (Lipinski definition) is 6.